The van der Waals surface area contributed by atoms with E-state index in [9.17, 15) is 4.79 Å². The molecule has 1 aliphatic carbocycles. The molecular formula is C18H16Cl3N3O. The fourth-order valence-corrected chi connectivity index (χ4v) is 4.24. The first-order valence-electron chi connectivity index (χ1n) is 8.18. The molecular weight excluding hydrogens is 381 g/mol. The Hall–Kier alpha value is -1.49. The summed E-state index contributed by atoms with van der Waals surface area (Å²) in [5.74, 6) is 1.39. The highest BCUT2D eigenvalue weighted by Crippen LogP contribution is 2.38. The molecule has 0 spiro atoms. The second-order valence-electron chi connectivity index (χ2n) is 6.53. The van der Waals surface area contributed by atoms with E-state index in [0.29, 0.717) is 22.5 Å². The second kappa shape index (κ2) is 6.67. The van der Waals surface area contributed by atoms with Crippen molar-refractivity contribution in [3.63, 3.8) is 0 Å². The van der Waals surface area contributed by atoms with Gasteiger partial charge in [0.1, 0.15) is 5.02 Å². The van der Waals surface area contributed by atoms with E-state index in [2.05, 4.69) is 22.2 Å². The maximum Gasteiger partial charge on any atom is 0.291 e. The van der Waals surface area contributed by atoms with Crippen LogP contribution < -0.4 is 10.5 Å². The number of benzene rings is 1. The van der Waals surface area contributed by atoms with Crippen molar-refractivity contribution in [3.8, 4) is 5.69 Å². The maximum atomic E-state index is 12.2. The van der Waals surface area contributed by atoms with Crippen LogP contribution in [-0.2, 0) is 0 Å². The van der Waals surface area contributed by atoms with Crippen molar-refractivity contribution in [3.05, 3.63) is 62.0 Å². The summed E-state index contributed by atoms with van der Waals surface area (Å²) in [6.07, 6.45) is 8.18. The van der Waals surface area contributed by atoms with Gasteiger partial charge in [-0.2, -0.15) is 9.78 Å². The summed E-state index contributed by atoms with van der Waals surface area (Å²) in [6.45, 7) is 2.03. The van der Waals surface area contributed by atoms with Gasteiger partial charge in [-0.15, -0.1) is 0 Å². The minimum absolute atomic E-state index is 0.0482. The van der Waals surface area contributed by atoms with Crippen LogP contribution in [0.1, 0.15) is 12.8 Å². The van der Waals surface area contributed by atoms with Crippen molar-refractivity contribution in [2.45, 2.75) is 12.8 Å². The van der Waals surface area contributed by atoms with E-state index < -0.39 is 5.56 Å². The van der Waals surface area contributed by atoms with E-state index in [4.69, 9.17) is 34.8 Å². The number of halogens is 3. The molecule has 1 aromatic heterocycles. The minimum Gasteiger partial charge on any atom is -0.370 e. The van der Waals surface area contributed by atoms with Crippen molar-refractivity contribution < 1.29 is 0 Å². The fourth-order valence-electron chi connectivity index (χ4n) is 3.69. The molecule has 25 heavy (non-hydrogen) atoms. The van der Waals surface area contributed by atoms with Gasteiger partial charge in [-0.1, -0.05) is 47.0 Å². The van der Waals surface area contributed by atoms with Crippen molar-refractivity contribution >= 4 is 40.5 Å². The molecule has 2 heterocycles. The van der Waals surface area contributed by atoms with Gasteiger partial charge < -0.3 is 4.90 Å². The zero-order valence-electron chi connectivity index (χ0n) is 13.3. The first kappa shape index (κ1) is 17.0. The molecule has 0 N–H and O–H groups in total. The number of anilines is 1. The topological polar surface area (TPSA) is 38.1 Å². The van der Waals surface area contributed by atoms with E-state index in [1.54, 1.807) is 6.07 Å². The number of aromatic nitrogens is 2. The molecule has 0 amide bonds. The van der Waals surface area contributed by atoms with Gasteiger partial charge in [0.2, 0.25) is 0 Å². The number of hydrogen-bond donors (Lipinski definition) is 0. The van der Waals surface area contributed by atoms with Crippen molar-refractivity contribution in [1.29, 1.82) is 0 Å². The zero-order valence-corrected chi connectivity index (χ0v) is 15.6. The highest BCUT2D eigenvalue weighted by molar-refractivity contribution is 6.41. The summed E-state index contributed by atoms with van der Waals surface area (Å²) in [4.78, 5) is 14.6. The maximum absolute atomic E-state index is 12.2. The van der Waals surface area contributed by atoms with Crippen molar-refractivity contribution in [2.24, 2.45) is 11.8 Å². The monoisotopic (exact) mass is 395 g/mol. The summed E-state index contributed by atoms with van der Waals surface area (Å²) in [5, 5.41) is 4.73. The molecule has 2 atom stereocenters. The van der Waals surface area contributed by atoms with Crippen LogP contribution in [0.25, 0.3) is 5.69 Å². The standard InChI is InChI=1S/C18H16Cl3N3O/c19-14-7-13(24-18(25)17(21)15(20)8-22-24)5-6-16(14)23-9-11-3-1-2-4-12(11)10-23/h1-2,5-8,11-12H,3-4,9-10H2. The van der Waals surface area contributed by atoms with Gasteiger partial charge in [0.15, 0.2) is 0 Å². The van der Waals surface area contributed by atoms with Gasteiger partial charge in [-0.25, -0.2) is 0 Å². The van der Waals surface area contributed by atoms with Gasteiger partial charge in [0, 0.05) is 13.1 Å². The van der Waals surface area contributed by atoms with Crippen LogP contribution in [0.3, 0.4) is 0 Å². The largest absolute Gasteiger partial charge is 0.370 e. The van der Waals surface area contributed by atoms with Gasteiger partial charge >= 0.3 is 0 Å². The van der Waals surface area contributed by atoms with E-state index in [-0.39, 0.29) is 10.0 Å². The van der Waals surface area contributed by atoms with E-state index in [1.165, 1.54) is 10.9 Å². The van der Waals surface area contributed by atoms with Gasteiger partial charge in [0.25, 0.3) is 5.56 Å². The highest BCUT2D eigenvalue weighted by atomic mass is 35.5. The molecule has 0 bridgehead atoms. The third-order valence-electron chi connectivity index (χ3n) is 5.01. The number of nitrogens with zero attached hydrogens (tertiary/aromatic N) is 3. The Kier molecular flexibility index (Phi) is 4.52. The Morgan fingerprint density at radius 1 is 1.00 bits per heavy atom. The third-order valence-corrected chi connectivity index (χ3v) is 6.06. The Morgan fingerprint density at radius 2 is 1.68 bits per heavy atom. The summed E-state index contributed by atoms with van der Waals surface area (Å²) in [6, 6.07) is 5.52. The fraction of sp³-hybridized carbons (Fsp3) is 0.333. The molecule has 4 nitrogen and oxygen atoms in total. The lowest BCUT2D eigenvalue weighted by Crippen LogP contribution is -2.22. The van der Waals surface area contributed by atoms with Crippen LogP contribution in [0.4, 0.5) is 5.69 Å². The van der Waals surface area contributed by atoms with Crippen molar-refractivity contribution in [2.75, 3.05) is 18.0 Å². The quantitative estimate of drug-likeness (QED) is 0.697. The van der Waals surface area contributed by atoms with E-state index in [0.717, 1.165) is 31.6 Å². The smallest absolute Gasteiger partial charge is 0.291 e. The van der Waals surface area contributed by atoms with Gasteiger partial charge in [0.05, 0.1) is 27.6 Å². The lowest BCUT2D eigenvalue weighted by atomic mass is 9.86. The molecule has 4 rings (SSSR count). The summed E-state index contributed by atoms with van der Waals surface area (Å²) >= 11 is 18.3. The predicted molar refractivity (Wildman–Crippen MR) is 102 cm³/mol. The normalized spacial score (nSPS) is 22.3. The Balaban J connectivity index is 1.64. The van der Waals surface area contributed by atoms with Crippen LogP contribution in [0.2, 0.25) is 15.1 Å². The highest BCUT2D eigenvalue weighted by Gasteiger charge is 2.33. The number of allylic oxidation sites excluding steroid dienone is 2. The third kappa shape index (κ3) is 3.07. The molecule has 130 valence electrons. The van der Waals surface area contributed by atoms with Gasteiger partial charge in [-0.05, 0) is 42.9 Å². The summed E-state index contributed by atoms with van der Waals surface area (Å²) < 4.78 is 1.21. The zero-order chi connectivity index (χ0) is 17.6. The summed E-state index contributed by atoms with van der Waals surface area (Å²) in [7, 11) is 0. The van der Waals surface area contributed by atoms with Crippen LogP contribution >= 0.6 is 34.8 Å². The summed E-state index contributed by atoms with van der Waals surface area (Å²) in [5.41, 5.74) is 1.10. The lowest BCUT2D eigenvalue weighted by Gasteiger charge is -2.20. The molecule has 2 aromatic rings. The number of rotatable bonds is 2. The minimum atomic E-state index is -0.462. The lowest BCUT2D eigenvalue weighted by molar-refractivity contribution is 0.411. The number of hydrogen-bond acceptors (Lipinski definition) is 3. The van der Waals surface area contributed by atoms with E-state index >= 15 is 0 Å². The molecule has 7 heteroatoms. The average Bonchev–Trinajstić information content (AvgIpc) is 3.03. The second-order valence-corrected chi connectivity index (χ2v) is 7.72. The van der Waals surface area contributed by atoms with Crippen LogP contribution in [-0.4, -0.2) is 22.9 Å². The Labute approximate surface area is 160 Å². The molecule has 2 unspecified atom stereocenters. The molecule has 0 radical (unpaired) electrons. The van der Waals surface area contributed by atoms with Crippen LogP contribution in [0.15, 0.2) is 41.3 Å². The number of fused-ring (bicyclic) bond motifs is 1. The van der Waals surface area contributed by atoms with Crippen molar-refractivity contribution in [1.82, 2.24) is 9.78 Å². The van der Waals surface area contributed by atoms with Gasteiger partial charge in [-0.3, -0.25) is 4.79 Å². The molecule has 1 saturated heterocycles. The Bertz CT molecular complexity index is 893. The first-order chi connectivity index (χ1) is 12.0. The average molecular weight is 397 g/mol. The SMILES string of the molecule is O=c1c(Cl)c(Cl)cnn1-c1ccc(N2CC3CC=CCC3C2)c(Cl)c1. The van der Waals surface area contributed by atoms with Crippen LogP contribution in [0.5, 0.6) is 0 Å². The molecule has 1 fully saturated rings. The predicted octanol–water partition coefficient (Wildman–Crippen LogP) is 4.60. The molecule has 1 aromatic carbocycles. The van der Waals surface area contributed by atoms with E-state index in [1.807, 2.05) is 12.1 Å². The van der Waals surface area contributed by atoms with Crippen LogP contribution in [0, 0.1) is 11.8 Å². The Morgan fingerprint density at radius 3 is 2.32 bits per heavy atom. The first-order valence-corrected chi connectivity index (χ1v) is 9.31. The molecule has 1 aliphatic heterocycles. The molecule has 0 saturated carbocycles. The molecule has 2 aliphatic rings.